The van der Waals surface area contributed by atoms with Crippen LogP contribution in [0, 0.1) is 0 Å². The molecule has 2 aromatic rings. The summed E-state index contributed by atoms with van der Waals surface area (Å²) in [5, 5.41) is 0. The lowest BCUT2D eigenvalue weighted by Gasteiger charge is -2.09. The van der Waals surface area contributed by atoms with Crippen LogP contribution in [0.15, 0.2) is 47.5 Å². The second-order valence-electron chi connectivity index (χ2n) is 3.44. The van der Waals surface area contributed by atoms with Crippen molar-refractivity contribution in [3.8, 4) is 0 Å². The summed E-state index contributed by atoms with van der Waals surface area (Å²) < 4.78 is 0. The third-order valence-electron chi connectivity index (χ3n) is 2.44. The Kier molecular flexibility index (Phi) is 2.63. The van der Waals surface area contributed by atoms with Crippen LogP contribution in [0.5, 0.6) is 0 Å². The average molecular weight is 200 g/mol. The first-order valence-corrected chi connectivity index (χ1v) is 4.87. The summed E-state index contributed by atoms with van der Waals surface area (Å²) in [6.45, 7) is 1.98. The standard InChI is InChI=1S/C12H12N2O/c1-9(10-5-3-2-4-6-10)11-12(15)14-8-7-13-11/h2-9H,1H3,(H,14,15). The summed E-state index contributed by atoms with van der Waals surface area (Å²) >= 11 is 0. The van der Waals surface area contributed by atoms with Crippen LogP contribution in [0.3, 0.4) is 0 Å². The third kappa shape index (κ3) is 1.96. The molecule has 0 bridgehead atoms. The zero-order valence-corrected chi connectivity index (χ0v) is 8.47. The monoisotopic (exact) mass is 200 g/mol. The van der Waals surface area contributed by atoms with Crippen molar-refractivity contribution in [3.63, 3.8) is 0 Å². The van der Waals surface area contributed by atoms with Gasteiger partial charge in [0.15, 0.2) is 0 Å². The van der Waals surface area contributed by atoms with Gasteiger partial charge in [-0.2, -0.15) is 0 Å². The molecule has 0 spiro atoms. The predicted octanol–water partition coefficient (Wildman–Crippen LogP) is 1.92. The second-order valence-corrected chi connectivity index (χ2v) is 3.44. The van der Waals surface area contributed by atoms with Crippen molar-refractivity contribution in [1.82, 2.24) is 9.97 Å². The first-order chi connectivity index (χ1) is 7.29. The maximum absolute atomic E-state index is 11.5. The van der Waals surface area contributed by atoms with Crippen LogP contribution in [0.1, 0.15) is 24.1 Å². The number of H-pyrrole nitrogens is 1. The van der Waals surface area contributed by atoms with E-state index >= 15 is 0 Å². The zero-order valence-electron chi connectivity index (χ0n) is 8.47. The van der Waals surface area contributed by atoms with E-state index in [0.29, 0.717) is 5.69 Å². The first-order valence-electron chi connectivity index (χ1n) is 4.87. The number of aromatic nitrogens is 2. The Bertz CT molecular complexity index is 490. The Morgan fingerprint density at radius 2 is 2.00 bits per heavy atom. The summed E-state index contributed by atoms with van der Waals surface area (Å²) in [7, 11) is 0. The summed E-state index contributed by atoms with van der Waals surface area (Å²) in [4.78, 5) is 18.3. The van der Waals surface area contributed by atoms with Gasteiger partial charge in [0.1, 0.15) is 5.69 Å². The van der Waals surface area contributed by atoms with Crippen molar-refractivity contribution >= 4 is 0 Å². The zero-order chi connectivity index (χ0) is 10.7. The van der Waals surface area contributed by atoms with Gasteiger partial charge >= 0.3 is 0 Å². The number of hydrogen-bond donors (Lipinski definition) is 1. The number of rotatable bonds is 2. The molecule has 1 N–H and O–H groups in total. The molecule has 0 aliphatic rings. The van der Waals surface area contributed by atoms with Crippen LogP contribution in [-0.2, 0) is 0 Å². The highest BCUT2D eigenvalue weighted by atomic mass is 16.1. The topological polar surface area (TPSA) is 45.8 Å². The molecule has 15 heavy (non-hydrogen) atoms. The molecule has 1 heterocycles. The number of benzene rings is 1. The number of hydrogen-bond acceptors (Lipinski definition) is 2. The maximum atomic E-state index is 11.5. The molecule has 1 unspecified atom stereocenters. The van der Waals surface area contributed by atoms with E-state index in [0.717, 1.165) is 5.56 Å². The Hall–Kier alpha value is -1.90. The quantitative estimate of drug-likeness (QED) is 0.805. The van der Waals surface area contributed by atoms with Gasteiger partial charge in [0.05, 0.1) is 0 Å². The van der Waals surface area contributed by atoms with E-state index in [9.17, 15) is 4.79 Å². The van der Waals surface area contributed by atoms with Crippen molar-refractivity contribution in [3.05, 3.63) is 64.3 Å². The molecule has 0 saturated heterocycles. The Morgan fingerprint density at radius 3 is 2.67 bits per heavy atom. The Labute approximate surface area is 87.8 Å². The maximum Gasteiger partial charge on any atom is 0.270 e. The number of nitrogens with one attached hydrogen (secondary N) is 1. The summed E-state index contributed by atoms with van der Waals surface area (Å²) in [5.74, 6) is 0.0242. The van der Waals surface area contributed by atoms with E-state index in [2.05, 4.69) is 9.97 Å². The Morgan fingerprint density at radius 1 is 1.27 bits per heavy atom. The van der Waals surface area contributed by atoms with Gasteiger partial charge in [-0.15, -0.1) is 0 Å². The van der Waals surface area contributed by atoms with E-state index in [4.69, 9.17) is 0 Å². The van der Waals surface area contributed by atoms with Gasteiger partial charge in [-0.1, -0.05) is 37.3 Å². The molecule has 1 aromatic carbocycles. The fraction of sp³-hybridized carbons (Fsp3) is 0.167. The molecule has 0 saturated carbocycles. The molecular weight excluding hydrogens is 188 g/mol. The van der Waals surface area contributed by atoms with Crippen LogP contribution in [0.4, 0.5) is 0 Å². The third-order valence-corrected chi connectivity index (χ3v) is 2.44. The largest absolute Gasteiger partial charge is 0.326 e. The highest BCUT2D eigenvalue weighted by molar-refractivity contribution is 5.25. The molecule has 1 atom stereocenters. The molecule has 2 rings (SSSR count). The summed E-state index contributed by atoms with van der Waals surface area (Å²) in [6.07, 6.45) is 3.15. The molecular formula is C12H12N2O. The molecule has 0 aliphatic heterocycles. The molecule has 3 heteroatoms. The normalized spacial score (nSPS) is 12.3. The van der Waals surface area contributed by atoms with E-state index in [1.807, 2.05) is 37.3 Å². The van der Waals surface area contributed by atoms with Gasteiger partial charge in [0, 0.05) is 18.3 Å². The van der Waals surface area contributed by atoms with Crippen molar-refractivity contribution < 1.29 is 0 Å². The molecule has 0 radical (unpaired) electrons. The first kappa shape index (κ1) is 9.65. The van der Waals surface area contributed by atoms with Crippen LogP contribution >= 0.6 is 0 Å². The van der Waals surface area contributed by atoms with E-state index < -0.39 is 0 Å². The van der Waals surface area contributed by atoms with Crippen molar-refractivity contribution in [2.75, 3.05) is 0 Å². The minimum Gasteiger partial charge on any atom is -0.326 e. The Balaban J connectivity index is 2.42. The minimum absolute atomic E-state index is 0.0242. The number of nitrogens with zero attached hydrogens (tertiary/aromatic N) is 1. The van der Waals surface area contributed by atoms with Crippen LogP contribution in [0.25, 0.3) is 0 Å². The average Bonchev–Trinajstić information content (AvgIpc) is 2.30. The summed E-state index contributed by atoms with van der Waals surface area (Å²) in [6, 6.07) is 9.88. The highest BCUT2D eigenvalue weighted by Crippen LogP contribution is 2.18. The van der Waals surface area contributed by atoms with Crippen LogP contribution < -0.4 is 5.56 Å². The second kappa shape index (κ2) is 4.09. The van der Waals surface area contributed by atoms with E-state index in [1.165, 1.54) is 0 Å². The van der Waals surface area contributed by atoms with Gasteiger partial charge < -0.3 is 4.98 Å². The molecule has 0 fully saturated rings. The van der Waals surface area contributed by atoms with Crippen molar-refractivity contribution in [2.45, 2.75) is 12.8 Å². The van der Waals surface area contributed by atoms with Gasteiger partial charge in [0.25, 0.3) is 5.56 Å². The van der Waals surface area contributed by atoms with Crippen molar-refractivity contribution in [2.24, 2.45) is 0 Å². The molecule has 76 valence electrons. The molecule has 1 aromatic heterocycles. The van der Waals surface area contributed by atoms with E-state index in [-0.39, 0.29) is 11.5 Å². The SMILES string of the molecule is CC(c1ccccc1)c1ncc[nH]c1=O. The lowest BCUT2D eigenvalue weighted by Crippen LogP contribution is -2.16. The predicted molar refractivity (Wildman–Crippen MR) is 58.8 cm³/mol. The molecule has 0 aliphatic carbocycles. The smallest absolute Gasteiger partial charge is 0.270 e. The molecule has 3 nitrogen and oxygen atoms in total. The highest BCUT2D eigenvalue weighted by Gasteiger charge is 2.12. The van der Waals surface area contributed by atoms with Crippen molar-refractivity contribution in [1.29, 1.82) is 0 Å². The minimum atomic E-state index is -0.117. The lowest BCUT2D eigenvalue weighted by atomic mass is 9.98. The van der Waals surface area contributed by atoms with Gasteiger partial charge in [-0.3, -0.25) is 9.78 Å². The summed E-state index contributed by atoms with van der Waals surface area (Å²) in [5.41, 5.74) is 1.54. The van der Waals surface area contributed by atoms with Crippen LogP contribution in [-0.4, -0.2) is 9.97 Å². The van der Waals surface area contributed by atoms with Gasteiger partial charge in [-0.25, -0.2) is 0 Å². The fourth-order valence-electron chi connectivity index (χ4n) is 1.57. The van der Waals surface area contributed by atoms with Gasteiger partial charge in [-0.05, 0) is 5.56 Å². The molecule has 0 amide bonds. The number of aromatic amines is 1. The lowest BCUT2D eigenvalue weighted by molar-refractivity contribution is 0.838. The van der Waals surface area contributed by atoms with E-state index in [1.54, 1.807) is 12.4 Å². The van der Waals surface area contributed by atoms with Crippen LogP contribution in [0.2, 0.25) is 0 Å². The van der Waals surface area contributed by atoms with Gasteiger partial charge in [0.2, 0.25) is 0 Å². The fourth-order valence-corrected chi connectivity index (χ4v) is 1.57.